The lowest BCUT2D eigenvalue weighted by Crippen LogP contribution is -1.87. The zero-order valence-electron chi connectivity index (χ0n) is 14.2. The number of hydrogen-bond acceptors (Lipinski definition) is 2. The van der Waals surface area contributed by atoms with E-state index in [-0.39, 0.29) is 0 Å². The molecule has 1 aromatic rings. The van der Waals surface area contributed by atoms with Crippen molar-refractivity contribution in [2.45, 2.75) is 82.4 Å². The molecule has 1 aromatic carbocycles. The summed E-state index contributed by atoms with van der Waals surface area (Å²) in [5.74, 6) is 0. The van der Waals surface area contributed by atoms with E-state index in [0.29, 0.717) is 0 Å². The number of rotatable bonds is 13. The summed E-state index contributed by atoms with van der Waals surface area (Å²) in [6.07, 6.45) is 14.7. The fourth-order valence-corrected chi connectivity index (χ4v) is 5.17. The summed E-state index contributed by atoms with van der Waals surface area (Å²) in [7, 11) is 0. The first kappa shape index (κ1) is 21.2. The van der Waals surface area contributed by atoms with E-state index >= 15 is 0 Å². The quantitative estimate of drug-likeness (QED) is 0.307. The van der Waals surface area contributed by atoms with E-state index in [9.17, 15) is 9.79 Å². The highest BCUT2D eigenvalue weighted by atomic mass is 32.9. The highest BCUT2D eigenvalue weighted by Gasteiger charge is 2.09. The summed E-state index contributed by atoms with van der Waals surface area (Å²) in [6, 6.07) is 8.01. The van der Waals surface area contributed by atoms with E-state index in [1.165, 1.54) is 69.8 Å². The van der Waals surface area contributed by atoms with E-state index in [4.69, 9.17) is 0 Å². The lowest BCUT2D eigenvalue weighted by molar-refractivity contribution is 0.502. The van der Waals surface area contributed by atoms with Gasteiger partial charge in [-0.1, -0.05) is 76.8 Å². The van der Waals surface area contributed by atoms with Gasteiger partial charge < -0.3 is 9.79 Å². The highest BCUT2D eigenvalue weighted by Crippen LogP contribution is 2.54. The van der Waals surface area contributed by atoms with Crippen molar-refractivity contribution in [3.05, 3.63) is 29.8 Å². The molecule has 2 N–H and O–H groups in total. The highest BCUT2D eigenvalue weighted by molar-refractivity contribution is 8.67. The van der Waals surface area contributed by atoms with Crippen molar-refractivity contribution in [1.29, 1.82) is 0 Å². The van der Waals surface area contributed by atoms with Crippen molar-refractivity contribution in [2.24, 2.45) is 0 Å². The average molecular weight is 375 g/mol. The Balaban J connectivity index is 2.04. The maximum Gasteiger partial charge on any atom is 0.246 e. The standard InChI is InChI=1S/C18H31O2PS2/c1-2-3-4-5-6-7-8-9-10-11-12-17-13-15-18(16-14-17)23-21(19,20)22/h13-16H,2-12H2,1H3,(H2,19,20,22). The molecule has 132 valence electrons. The molecule has 1 rings (SSSR count). The number of aryl methyl sites for hydroxylation is 1. The van der Waals surface area contributed by atoms with Gasteiger partial charge in [-0.05, 0) is 53.7 Å². The molecule has 0 saturated carbocycles. The monoisotopic (exact) mass is 374 g/mol. The second kappa shape index (κ2) is 12.5. The van der Waals surface area contributed by atoms with E-state index in [0.717, 1.165) is 22.7 Å². The molecule has 0 atom stereocenters. The zero-order valence-corrected chi connectivity index (χ0v) is 16.8. The van der Waals surface area contributed by atoms with Crippen molar-refractivity contribution >= 4 is 28.9 Å². The molecule has 23 heavy (non-hydrogen) atoms. The molecule has 0 spiro atoms. The molecular weight excluding hydrogens is 343 g/mol. The van der Waals surface area contributed by atoms with Crippen molar-refractivity contribution in [3.8, 4) is 0 Å². The Morgan fingerprint density at radius 1 is 0.826 bits per heavy atom. The molecule has 0 radical (unpaired) electrons. The third kappa shape index (κ3) is 12.2. The fourth-order valence-electron chi connectivity index (χ4n) is 2.67. The Hall–Kier alpha value is 0.140. The SMILES string of the molecule is CCCCCCCCCCCCc1ccc(SP(O)(O)=S)cc1. The first-order valence-electron chi connectivity index (χ1n) is 8.85. The lowest BCUT2D eigenvalue weighted by Gasteiger charge is -2.07. The summed E-state index contributed by atoms with van der Waals surface area (Å²) >= 11 is 5.63. The van der Waals surface area contributed by atoms with Gasteiger partial charge in [0.1, 0.15) is 0 Å². The van der Waals surface area contributed by atoms with Crippen LogP contribution in [-0.4, -0.2) is 9.79 Å². The van der Waals surface area contributed by atoms with Crippen LogP contribution in [0.15, 0.2) is 29.2 Å². The molecule has 0 aliphatic carbocycles. The van der Waals surface area contributed by atoms with E-state index < -0.39 is 5.69 Å². The van der Waals surface area contributed by atoms with Crippen LogP contribution in [0.1, 0.15) is 76.7 Å². The van der Waals surface area contributed by atoms with Crippen LogP contribution in [0.5, 0.6) is 0 Å². The number of benzene rings is 1. The Bertz CT molecular complexity index is 457. The minimum absolute atomic E-state index is 0.838. The Morgan fingerprint density at radius 2 is 1.30 bits per heavy atom. The fraction of sp³-hybridized carbons (Fsp3) is 0.667. The molecule has 0 heterocycles. The summed E-state index contributed by atoms with van der Waals surface area (Å²) in [5, 5.41) is 0. The van der Waals surface area contributed by atoms with Crippen LogP contribution < -0.4 is 0 Å². The van der Waals surface area contributed by atoms with Crippen molar-refractivity contribution < 1.29 is 9.79 Å². The molecule has 0 unspecified atom stereocenters. The summed E-state index contributed by atoms with van der Waals surface area (Å²) < 4.78 is 0. The molecule has 0 aliphatic rings. The van der Waals surface area contributed by atoms with Crippen LogP contribution in [0.2, 0.25) is 0 Å². The predicted octanol–water partition coefficient (Wildman–Crippen LogP) is 6.45. The molecule has 2 nitrogen and oxygen atoms in total. The lowest BCUT2D eigenvalue weighted by atomic mass is 10.0. The summed E-state index contributed by atoms with van der Waals surface area (Å²) in [5.41, 5.74) is -1.88. The van der Waals surface area contributed by atoms with Gasteiger partial charge >= 0.3 is 0 Å². The number of hydrogen-bond donors (Lipinski definition) is 2. The van der Waals surface area contributed by atoms with Crippen LogP contribution in [0.3, 0.4) is 0 Å². The first-order chi connectivity index (χ1) is 11.0. The predicted molar refractivity (Wildman–Crippen MR) is 107 cm³/mol. The minimum Gasteiger partial charge on any atom is -0.337 e. The maximum atomic E-state index is 9.29. The molecular formula is C18H31O2PS2. The minimum atomic E-state index is -3.20. The molecule has 0 aliphatic heterocycles. The normalized spacial score (nSPS) is 11.8. The van der Waals surface area contributed by atoms with Crippen molar-refractivity contribution in [2.75, 3.05) is 0 Å². The van der Waals surface area contributed by atoms with Gasteiger partial charge in [0.2, 0.25) is 5.69 Å². The van der Waals surface area contributed by atoms with Gasteiger partial charge in [0.25, 0.3) is 0 Å². The molecule has 0 aromatic heterocycles. The molecule has 0 fully saturated rings. The maximum absolute atomic E-state index is 9.29. The second-order valence-corrected chi connectivity index (χ2v) is 12.1. The summed E-state index contributed by atoms with van der Waals surface area (Å²) in [6.45, 7) is 2.26. The van der Waals surface area contributed by atoms with Crippen LogP contribution in [-0.2, 0) is 18.2 Å². The Kier molecular flexibility index (Phi) is 11.5. The van der Waals surface area contributed by atoms with E-state index in [1.807, 2.05) is 12.1 Å². The van der Waals surface area contributed by atoms with Gasteiger partial charge in [0, 0.05) is 4.90 Å². The van der Waals surface area contributed by atoms with E-state index in [1.54, 1.807) is 0 Å². The number of unbranched alkanes of at least 4 members (excludes halogenated alkanes) is 9. The molecule has 0 bridgehead atoms. The third-order valence-corrected chi connectivity index (χ3v) is 6.70. The smallest absolute Gasteiger partial charge is 0.246 e. The first-order valence-corrected chi connectivity index (χ1v) is 13.0. The largest absolute Gasteiger partial charge is 0.337 e. The van der Waals surface area contributed by atoms with Gasteiger partial charge in [-0.2, -0.15) is 0 Å². The molecule has 5 heteroatoms. The Labute approximate surface area is 151 Å². The zero-order chi connectivity index (χ0) is 17.0. The third-order valence-electron chi connectivity index (χ3n) is 3.97. The van der Waals surface area contributed by atoms with Crippen LogP contribution in [0.4, 0.5) is 0 Å². The van der Waals surface area contributed by atoms with Crippen LogP contribution in [0, 0.1) is 0 Å². The van der Waals surface area contributed by atoms with Gasteiger partial charge in [0.05, 0.1) is 0 Å². The topological polar surface area (TPSA) is 40.5 Å². The molecule has 0 amide bonds. The Morgan fingerprint density at radius 3 is 1.78 bits per heavy atom. The molecule has 0 saturated heterocycles. The van der Waals surface area contributed by atoms with Gasteiger partial charge in [0.15, 0.2) is 0 Å². The summed E-state index contributed by atoms with van der Waals surface area (Å²) in [4.78, 5) is 19.4. The average Bonchev–Trinajstić information content (AvgIpc) is 2.49. The van der Waals surface area contributed by atoms with Crippen LogP contribution in [0.25, 0.3) is 0 Å². The van der Waals surface area contributed by atoms with Crippen molar-refractivity contribution in [3.63, 3.8) is 0 Å². The van der Waals surface area contributed by atoms with Crippen molar-refractivity contribution in [1.82, 2.24) is 0 Å². The second-order valence-electron chi connectivity index (χ2n) is 6.16. The van der Waals surface area contributed by atoms with Gasteiger partial charge in [-0.15, -0.1) is 0 Å². The van der Waals surface area contributed by atoms with Gasteiger partial charge in [-0.3, -0.25) is 0 Å². The van der Waals surface area contributed by atoms with Gasteiger partial charge in [-0.25, -0.2) is 0 Å². The van der Waals surface area contributed by atoms with Crippen LogP contribution >= 0.6 is 17.1 Å². The van der Waals surface area contributed by atoms with E-state index in [2.05, 4.69) is 30.9 Å².